The van der Waals surface area contributed by atoms with E-state index >= 15 is 0 Å². The first-order valence-electron chi connectivity index (χ1n) is 7.88. The first-order chi connectivity index (χ1) is 12.6. The molecule has 0 radical (unpaired) electrons. The van der Waals surface area contributed by atoms with Crippen LogP contribution in [-0.2, 0) is 9.53 Å². The number of carbonyl (C=O) groups excluding carboxylic acids is 1. The second-order valence-corrected chi connectivity index (χ2v) is 5.53. The van der Waals surface area contributed by atoms with Crippen LogP contribution < -0.4 is 10.3 Å². The number of rotatable bonds is 5. The van der Waals surface area contributed by atoms with E-state index in [0.29, 0.717) is 22.2 Å². The summed E-state index contributed by atoms with van der Waals surface area (Å²) in [6.07, 6.45) is -0.732. The normalized spacial score (nSPS) is 11.5. The van der Waals surface area contributed by atoms with Gasteiger partial charge in [0.25, 0.3) is 5.56 Å². The van der Waals surface area contributed by atoms with Crippen molar-refractivity contribution in [3.05, 3.63) is 70.3 Å². The molecular weight excluding hydrogens is 334 g/mol. The fourth-order valence-corrected chi connectivity index (χ4v) is 2.35. The molecule has 1 heterocycles. The number of fused-ring (bicyclic) bond motifs is 1. The highest BCUT2D eigenvalue weighted by molar-refractivity contribution is 5.77. The van der Waals surface area contributed by atoms with Crippen LogP contribution in [0.25, 0.3) is 10.9 Å². The Kier molecular flexibility index (Phi) is 4.94. The van der Waals surface area contributed by atoms with Gasteiger partial charge in [0.1, 0.15) is 5.75 Å². The molecule has 0 saturated carbocycles. The summed E-state index contributed by atoms with van der Waals surface area (Å²) in [5.74, 6) is 0.115. The molecule has 7 heteroatoms. The minimum absolute atomic E-state index is 0.264. The third-order valence-electron chi connectivity index (χ3n) is 3.66. The summed E-state index contributed by atoms with van der Waals surface area (Å²) < 4.78 is 10.6. The fourth-order valence-electron chi connectivity index (χ4n) is 2.35. The van der Waals surface area contributed by atoms with E-state index in [0.717, 1.165) is 0 Å². The van der Waals surface area contributed by atoms with Crippen LogP contribution in [0.4, 0.5) is 0 Å². The minimum atomic E-state index is -0.732. The maximum atomic E-state index is 12.1. The number of aromatic nitrogens is 2. The minimum Gasteiger partial charge on any atom is -0.482 e. The van der Waals surface area contributed by atoms with Crippen LogP contribution in [0.5, 0.6) is 5.75 Å². The molecule has 1 aromatic heterocycles. The summed E-state index contributed by atoms with van der Waals surface area (Å²) >= 11 is 0. The number of aromatic amines is 1. The van der Waals surface area contributed by atoms with Crippen molar-refractivity contribution in [1.82, 2.24) is 9.97 Å². The van der Waals surface area contributed by atoms with Gasteiger partial charge in [-0.1, -0.05) is 12.1 Å². The summed E-state index contributed by atoms with van der Waals surface area (Å²) in [5.41, 5.74) is 0.741. The molecule has 0 aliphatic heterocycles. The molecule has 7 nitrogen and oxygen atoms in total. The lowest BCUT2D eigenvalue weighted by atomic mass is 10.2. The van der Waals surface area contributed by atoms with Crippen LogP contribution in [0.2, 0.25) is 0 Å². The molecule has 0 bridgehead atoms. The molecule has 0 aliphatic carbocycles. The standard InChI is InChI=1S/C19H15N3O4/c1-12(18-21-16-5-3-2-4-15(16)19(24)22-18)26-17(23)11-25-14-8-6-13(10-20)7-9-14/h2-9,12H,11H2,1H3,(H,21,22,24)/t12-/m1/s1. The van der Waals surface area contributed by atoms with E-state index in [1.54, 1.807) is 55.5 Å². The molecule has 0 aliphatic rings. The highest BCUT2D eigenvalue weighted by Gasteiger charge is 2.16. The molecule has 0 fully saturated rings. The molecule has 2 aromatic carbocycles. The average molecular weight is 349 g/mol. The van der Waals surface area contributed by atoms with Crippen molar-refractivity contribution in [3.8, 4) is 11.8 Å². The Balaban J connectivity index is 1.63. The smallest absolute Gasteiger partial charge is 0.344 e. The third kappa shape index (κ3) is 3.87. The van der Waals surface area contributed by atoms with E-state index in [9.17, 15) is 9.59 Å². The van der Waals surface area contributed by atoms with Gasteiger partial charge in [-0.3, -0.25) is 4.79 Å². The first-order valence-corrected chi connectivity index (χ1v) is 7.88. The number of benzene rings is 2. The fraction of sp³-hybridized carbons (Fsp3) is 0.158. The van der Waals surface area contributed by atoms with Crippen LogP contribution in [0.1, 0.15) is 24.4 Å². The average Bonchev–Trinajstić information content (AvgIpc) is 2.66. The Labute approximate surface area is 148 Å². The van der Waals surface area contributed by atoms with Crippen LogP contribution in [0.3, 0.4) is 0 Å². The molecule has 0 saturated heterocycles. The zero-order valence-corrected chi connectivity index (χ0v) is 13.9. The van der Waals surface area contributed by atoms with Crippen molar-refractivity contribution in [1.29, 1.82) is 5.26 Å². The van der Waals surface area contributed by atoms with Gasteiger partial charge in [-0.25, -0.2) is 9.78 Å². The van der Waals surface area contributed by atoms with Crippen molar-refractivity contribution in [2.45, 2.75) is 13.0 Å². The van der Waals surface area contributed by atoms with Gasteiger partial charge in [-0.05, 0) is 43.3 Å². The summed E-state index contributed by atoms with van der Waals surface area (Å²) in [6, 6.07) is 15.3. The Morgan fingerprint density at radius 3 is 2.69 bits per heavy atom. The van der Waals surface area contributed by atoms with Crippen molar-refractivity contribution in [2.24, 2.45) is 0 Å². The number of nitrogens with one attached hydrogen (secondary N) is 1. The highest BCUT2D eigenvalue weighted by atomic mass is 16.6. The zero-order valence-electron chi connectivity index (χ0n) is 13.9. The van der Waals surface area contributed by atoms with Gasteiger partial charge in [0.05, 0.1) is 22.5 Å². The van der Waals surface area contributed by atoms with E-state index in [-0.39, 0.29) is 18.0 Å². The number of H-pyrrole nitrogens is 1. The van der Waals surface area contributed by atoms with Crippen LogP contribution in [0.15, 0.2) is 53.3 Å². The topological polar surface area (TPSA) is 105 Å². The van der Waals surface area contributed by atoms with Gasteiger partial charge >= 0.3 is 5.97 Å². The molecule has 1 N–H and O–H groups in total. The second kappa shape index (κ2) is 7.49. The summed E-state index contributed by atoms with van der Waals surface area (Å²) in [4.78, 5) is 31.0. The molecule has 0 unspecified atom stereocenters. The maximum Gasteiger partial charge on any atom is 0.344 e. The van der Waals surface area contributed by atoms with Gasteiger partial charge in [-0.2, -0.15) is 5.26 Å². The number of nitriles is 1. The summed E-state index contributed by atoms with van der Waals surface area (Å²) in [5, 5.41) is 9.21. The molecule has 1 atom stereocenters. The zero-order chi connectivity index (χ0) is 18.5. The summed E-state index contributed by atoms with van der Waals surface area (Å²) in [7, 11) is 0. The molecule has 130 valence electrons. The Hall–Kier alpha value is -3.66. The number of esters is 1. The van der Waals surface area contributed by atoms with E-state index in [1.165, 1.54) is 0 Å². The summed E-state index contributed by atoms with van der Waals surface area (Å²) in [6.45, 7) is 1.32. The van der Waals surface area contributed by atoms with Gasteiger partial charge in [-0.15, -0.1) is 0 Å². The number of carbonyl (C=O) groups is 1. The molecule has 3 rings (SSSR count). The number of hydrogen-bond donors (Lipinski definition) is 1. The number of ether oxygens (including phenoxy) is 2. The SMILES string of the molecule is C[C@@H](OC(=O)COc1ccc(C#N)cc1)c1nc2ccccc2c(=O)[nH]1. The van der Waals surface area contributed by atoms with Crippen LogP contribution in [0, 0.1) is 11.3 Å². The van der Waals surface area contributed by atoms with Crippen molar-refractivity contribution < 1.29 is 14.3 Å². The van der Waals surface area contributed by atoms with Crippen LogP contribution in [-0.4, -0.2) is 22.5 Å². The van der Waals surface area contributed by atoms with Gasteiger partial charge in [0.2, 0.25) is 0 Å². The second-order valence-electron chi connectivity index (χ2n) is 5.53. The van der Waals surface area contributed by atoms with Crippen LogP contribution >= 0.6 is 0 Å². The predicted octanol–water partition coefficient (Wildman–Crippen LogP) is 2.48. The molecule has 26 heavy (non-hydrogen) atoms. The predicted molar refractivity (Wildman–Crippen MR) is 93.5 cm³/mol. The van der Waals surface area contributed by atoms with Crippen molar-refractivity contribution in [2.75, 3.05) is 6.61 Å². The highest BCUT2D eigenvalue weighted by Crippen LogP contribution is 2.15. The van der Waals surface area contributed by atoms with Crippen molar-refractivity contribution in [3.63, 3.8) is 0 Å². The Bertz CT molecular complexity index is 1040. The van der Waals surface area contributed by atoms with Gasteiger partial charge in [0, 0.05) is 0 Å². The molecular formula is C19H15N3O4. The van der Waals surface area contributed by atoms with Gasteiger partial charge in [0.15, 0.2) is 18.5 Å². The largest absolute Gasteiger partial charge is 0.482 e. The van der Waals surface area contributed by atoms with Crippen molar-refractivity contribution >= 4 is 16.9 Å². The number of para-hydroxylation sites is 1. The van der Waals surface area contributed by atoms with Gasteiger partial charge < -0.3 is 14.5 Å². The Morgan fingerprint density at radius 1 is 1.23 bits per heavy atom. The maximum absolute atomic E-state index is 12.1. The Morgan fingerprint density at radius 2 is 1.96 bits per heavy atom. The lowest BCUT2D eigenvalue weighted by molar-refractivity contribution is -0.151. The lowest BCUT2D eigenvalue weighted by Gasteiger charge is -2.13. The number of hydrogen-bond acceptors (Lipinski definition) is 6. The van der Waals surface area contributed by atoms with E-state index in [4.69, 9.17) is 14.7 Å². The lowest BCUT2D eigenvalue weighted by Crippen LogP contribution is -2.20. The quantitative estimate of drug-likeness (QED) is 0.710. The third-order valence-corrected chi connectivity index (χ3v) is 3.66. The molecule has 3 aromatic rings. The first kappa shape index (κ1) is 17.2. The van der Waals surface area contributed by atoms with E-state index < -0.39 is 12.1 Å². The molecule has 0 amide bonds. The number of nitrogens with zero attached hydrogens (tertiary/aromatic N) is 2. The van der Waals surface area contributed by atoms with E-state index in [2.05, 4.69) is 9.97 Å². The van der Waals surface area contributed by atoms with E-state index in [1.807, 2.05) is 6.07 Å². The monoisotopic (exact) mass is 349 g/mol. The molecule has 0 spiro atoms.